The van der Waals surface area contributed by atoms with Crippen LogP contribution >= 0.6 is 0 Å². The second kappa shape index (κ2) is 7.50. The van der Waals surface area contributed by atoms with E-state index in [1.54, 1.807) is 6.26 Å². The summed E-state index contributed by atoms with van der Waals surface area (Å²) in [6.07, 6.45) is 1.64. The first kappa shape index (κ1) is 15.1. The molecule has 1 amide bonds. The zero-order chi connectivity index (χ0) is 15.1. The standard InChI is InChI=1S/C16H20N2O3/c1-3-20-14-8-6-13(7-9-14)17-16(19)12-18(2)11-15-5-4-10-21-15/h4-10H,3,11-12H2,1-2H3,(H,17,19)/p+1. The minimum Gasteiger partial charge on any atom is -0.494 e. The van der Waals surface area contributed by atoms with E-state index in [-0.39, 0.29) is 5.91 Å². The number of carbonyl (C=O) groups excluding carboxylic acids is 1. The Labute approximate surface area is 124 Å². The Morgan fingerprint density at radius 1 is 1.29 bits per heavy atom. The van der Waals surface area contributed by atoms with Crippen molar-refractivity contribution in [2.75, 3.05) is 25.5 Å². The number of hydrogen-bond acceptors (Lipinski definition) is 3. The lowest BCUT2D eigenvalue weighted by Crippen LogP contribution is -3.08. The molecular formula is C16H21N2O3+. The van der Waals surface area contributed by atoms with Gasteiger partial charge in [0.15, 0.2) is 12.3 Å². The topological polar surface area (TPSA) is 55.9 Å². The second-order valence-electron chi connectivity index (χ2n) is 4.90. The maximum atomic E-state index is 12.0. The van der Waals surface area contributed by atoms with Gasteiger partial charge in [0, 0.05) is 5.69 Å². The van der Waals surface area contributed by atoms with E-state index in [0.717, 1.165) is 22.1 Å². The molecule has 5 heteroatoms. The summed E-state index contributed by atoms with van der Waals surface area (Å²) >= 11 is 0. The molecule has 0 aliphatic heterocycles. The van der Waals surface area contributed by atoms with Crippen LogP contribution < -0.4 is 15.0 Å². The van der Waals surface area contributed by atoms with Gasteiger partial charge in [-0.05, 0) is 43.3 Å². The summed E-state index contributed by atoms with van der Waals surface area (Å²) in [5, 5.41) is 2.88. The van der Waals surface area contributed by atoms with Gasteiger partial charge in [-0.1, -0.05) is 0 Å². The van der Waals surface area contributed by atoms with Crippen LogP contribution in [0.3, 0.4) is 0 Å². The Hall–Kier alpha value is -2.27. The van der Waals surface area contributed by atoms with Crippen LogP contribution in [-0.4, -0.2) is 26.1 Å². The van der Waals surface area contributed by atoms with Gasteiger partial charge in [-0.3, -0.25) is 4.79 Å². The van der Waals surface area contributed by atoms with Gasteiger partial charge in [-0.15, -0.1) is 0 Å². The highest BCUT2D eigenvalue weighted by atomic mass is 16.5. The normalized spacial score (nSPS) is 11.9. The highest BCUT2D eigenvalue weighted by molar-refractivity contribution is 5.91. The SMILES string of the molecule is CCOc1ccc(NC(=O)C[NH+](C)Cc2ccco2)cc1. The molecule has 2 N–H and O–H groups in total. The van der Waals surface area contributed by atoms with E-state index in [1.807, 2.05) is 50.4 Å². The zero-order valence-corrected chi connectivity index (χ0v) is 12.4. The number of rotatable bonds is 7. The number of amides is 1. The largest absolute Gasteiger partial charge is 0.494 e. The van der Waals surface area contributed by atoms with Crippen LogP contribution in [0.15, 0.2) is 47.1 Å². The summed E-state index contributed by atoms with van der Waals surface area (Å²) in [5.74, 6) is 1.65. The number of nitrogens with one attached hydrogen (secondary N) is 2. The van der Waals surface area contributed by atoms with Crippen LogP contribution in [0, 0.1) is 0 Å². The molecular weight excluding hydrogens is 268 g/mol. The van der Waals surface area contributed by atoms with Crippen molar-refractivity contribution in [3.05, 3.63) is 48.4 Å². The van der Waals surface area contributed by atoms with Crippen molar-refractivity contribution in [3.63, 3.8) is 0 Å². The first-order chi connectivity index (χ1) is 10.2. The van der Waals surface area contributed by atoms with Gasteiger partial charge >= 0.3 is 0 Å². The summed E-state index contributed by atoms with van der Waals surface area (Å²) in [6, 6.07) is 11.1. The number of furan rings is 1. The number of anilines is 1. The van der Waals surface area contributed by atoms with E-state index >= 15 is 0 Å². The maximum absolute atomic E-state index is 12.0. The smallest absolute Gasteiger partial charge is 0.279 e. The minimum atomic E-state index is -0.0248. The van der Waals surface area contributed by atoms with E-state index < -0.39 is 0 Å². The molecule has 0 saturated heterocycles. The Morgan fingerprint density at radius 2 is 2.05 bits per heavy atom. The van der Waals surface area contributed by atoms with Crippen molar-refractivity contribution in [3.8, 4) is 5.75 Å². The zero-order valence-electron chi connectivity index (χ0n) is 12.4. The third-order valence-electron chi connectivity index (χ3n) is 2.97. The number of benzene rings is 1. The van der Waals surface area contributed by atoms with Crippen LogP contribution in [0.25, 0.3) is 0 Å². The molecule has 0 radical (unpaired) electrons. The number of quaternary nitrogens is 1. The molecule has 112 valence electrons. The third kappa shape index (κ3) is 4.96. The quantitative estimate of drug-likeness (QED) is 0.808. The average molecular weight is 289 g/mol. The summed E-state index contributed by atoms with van der Waals surface area (Å²) < 4.78 is 10.6. The molecule has 2 aromatic rings. The Balaban J connectivity index is 1.80. The van der Waals surface area contributed by atoms with Gasteiger partial charge < -0.3 is 19.4 Å². The lowest BCUT2D eigenvalue weighted by atomic mass is 10.3. The van der Waals surface area contributed by atoms with E-state index in [0.29, 0.717) is 19.7 Å². The number of likely N-dealkylation sites (N-methyl/N-ethyl adjacent to an activating group) is 1. The highest BCUT2D eigenvalue weighted by Gasteiger charge is 2.12. The van der Waals surface area contributed by atoms with Crippen molar-refractivity contribution in [1.29, 1.82) is 0 Å². The van der Waals surface area contributed by atoms with Crippen LogP contribution in [-0.2, 0) is 11.3 Å². The van der Waals surface area contributed by atoms with E-state index in [4.69, 9.17) is 9.15 Å². The predicted octanol–water partition coefficient (Wildman–Crippen LogP) is 1.33. The molecule has 1 aromatic heterocycles. The molecule has 1 unspecified atom stereocenters. The van der Waals surface area contributed by atoms with Crippen LogP contribution in [0.2, 0.25) is 0 Å². The van der Waals surface area contributed by atoms with Gasteiger partial charge in [-0.25, -0.2) is 0 Å². The van der Waals surface area contributed by atoms with Crippen molar-refractivity contribution in [2.45, 2.75) is 13.5 Å². The molecule has 0 bridgehead atoms. The second-order valence-corrected chi connectivity index (χ2v) is 4.90. The molecule has 0 aliphatic carbocycles. The van der Waals surface area contributed by atoms with E-state index in [1.165, 1.54) is 0 Å². The fourth-order valence-electron chi connectivity index (χ4n) is 2.05. The van der Waals surface area contributed by atoms with Crippen LogP contribution in [0.4, 0.5) is 5.69 Å². The summed E-state index contributed by atoms with van der Waals surface area (Å²) in [5.41, 5.74) is 0.772. The fraction of sp³-hybridized carbons (Fsp3) is 0.312. The molecule has 0 aliphatic rings. The first-order valence-corrected chi connectivity index (χ1v) is 7.03. The highest BCUT2D eigenvalue weighted by Crippen LogP contribution is 2.15. The monoisotopic (exact) mass is 289 g/mol. The van der Waals surface area contributed by atoms with E-state index in [9.17, 15) is 4.79 Å². The van der Waals surface area contributed by atoms with Crippen molar-refractivity contribution in [1.82, 2.24) is 0 Å². The Morgan fingerprint density at radius 3 is 2.67 bits per heavy atom. The summed E-state index contributed by atoms with van der Waals surface area (Å²) in [7, 11) is 1.96. The average Bonchev–Trinajstić information content (AvgIpc) is 2.93. The number of ether oxygens (including phenoxy) is 1. The molecule has 5 nitrogen and oxygen atoms in total. The Bertz CT molecular complexity index is 549. The third-order valence-corrected chi connectivity index (χ3v) is 2.97. The number of carbonyl (C=O) groups is 1. The molecule has 1 atom stereocenters. The van der Waals surface area contributed by atoms with Crippen LogP contribution in [0.5, 0.6) is 5.75 Å². The molecule has 21 heavy (non-hydrogen) atoms. The fourth-order valence-corrected chi connectivity index (χ4v) is 2.05. The lowest BCUT2D eigenvalue weighted by Gasteiger charge is -2.12. The molecule has 1 heterocycles. The van der Waals surface area contributed by atoms with Gasteiger partial charge in [0.1, 0.15) is 12.3 Å². The van der Waals surface area contributed by atoms with Crippen LogP contribution in [0.1, 0.15) is 12.7 Å². The van der Waals surface area contributed by atoms with Gasteiger partial charge in [0.05, 0.1) is 19.9 Å². The van der Waals surface area contributed by atoms with Gasteiger partial charge in [0.25, 0.3) is 5.91 Å². The van der Waals surface area contributed by atoms with Gasteiger partial charge in [-0.2, -0.15) is 0 Å². The van der Waals surface area contributed by atoms with Gasteiger partial charge in [0.2, 0.25) is 0 Å². The molecule has 0 spiro atoms. The first-order valence-electron chi connectivity index (χ1n) is 7.03. The van der Waals surface area contributed by atoms with E-state index in [2.05, 4.69) is 5.32 Å². The molecule has 2 rings (SSSR count). The maximum Gasteiger partial charge on any atom is 0.279 e. The Kier molecular flexibility index (Phi) is 5.40. The summed E-state index contributed by atoms with van der Waals surface area (Å²) in [4.78, 5) is 13.0. The van der Waals surface area contributed by atoms with Crippen molar-refractivity contribution in [2.24, 2.45) is 0 Å². The molecule has 0 saturated carbocycles. The lowest BCUT2D eigenvalue weighted by molar-refractivity contribution is -0.886. The van der Waals surface area contributed by atoms with Crippen molar-refractivity contribution < 1.29 is 18.8 Å². The molecule has 1 aromatic carbocycles. The van der Waals surface area contributed by atoms with Crippen molar-refractivity contribution >= 4 is 11.6 Å². The number of hydrogen-bond donors (Lipinski definition) is 2. The molecule has 0 fully saturated rings. The summed E-state index contributed by atoms with van der Waals surface area (Å²) in [6.45, 7) is 3.64. The predicted molar refractivity (Wildman–Crippen MR) is 80.4 cm³/mol. The minimum absolute atomic E-state index is 0.0248.